The molecule has 0 aliphatic rings. The minimum absolute atomic E-state index is 0.180. The fourth-order valence-electron chi connectivity index (χ4n) is 2.32. The van der Waals surface area contributed by atoms with Crippen LogP contribution in [-0.2, 0) is 11.2 Å². The molecule has 0 saturated heterocycles. The topological polar surface area (TPSA) is 68.9 Å². The average molecular weight is 386 g/mol. The van der Waals surface area contributed by atoms with E-state index in [-0.39, 0.29) is 5.91 Å². The Hall–Kier alpha value is -2.38. The van der Waals surface area contributed by atoms with Crippen molar-refractivity contribution in [1.29, 1.82) is 0 Å². The van der Waals surface area contributed by atoms with E-state index in [9.17, 15) is 10.0 Å². The maximum Gasteiger partial charge on any atom is 0.252 e. The van der Waals surface area contributed by atoms with Gasteiger partial charge in [-0.25, -0.2) is 4.98 Å². The second-order valence-electron chi connectivity index (χ2n) is 5.70. The van der Waals surface area contributed by atoms with Crippen LogP contribution in [0.5, 0.6) is 0 Å². The monoisotopic (exact) mass is 385 g/mol. The molecule has 2 aromatic heterocycles. The van der Waals surface area contributed by atoms with Crippen molar-refractivity contribution in [2.45, 2.75) is 30.5 Å². The zero-order valence-corrected chi connectivity index (χ0v) is 16.1. The van der Waals surface area contributed by atoms with E-state index in [1.807, 2.05) is 17.5 Å². The second kappa shape index (κ2) is 8.33. The summed E-state index contributed by atoms with van der Waals surface area (Å²) >= 11 is 2.61. The SMILES string of the molecule is CCc1ccc(-c2csc(NC(=O)[C@@H](C)Sc3cccc[n+]3[O-])n2)cc1. The van der Waals surface area contributed by atoms with Crippen molar-refractivity contribution >= 4 is 34.1 Å². The first kappa shape index (κ1) is 18.4. The molecule has 3 rings (SSSR count). The van der Waals surface area contributed by atoms with Gasteiger partial charge in [0.05, 0.1) is 10.9 Å². The maximum atomic E-state index is 12.4. The fourth-order valence-corrected chi connectivity index (χ4v) is 3.89. The average Bonchev–Trinajstić information content (AvgIpc) is 3.12. The number of aromatic nitrogens is 2. The second-order valence-corrected chi connectivity index (χ2v) is 7.92. The fraction of sp³-hybridized carbons (Fsp3) is 0.211. The van der Waals surface area contributed by atoms with Crippen LogP contribution in [0.15, 0.2) is 59.1 Å². The summed E-state index contributed by atoms with van der Waals surface area (Å²) < 4.78 is 0.760. The first-order chi connectivity index (χ1) is 12.6. The summed E-state index contributed by atoms with van der Waals surface area (Å²) in [6.45, 7) is 3.89. The lowest BCUT2D eigenvalue weighted by Gasteiger charge is -2.09. The number of aryl methyl sites for hydroxylation is 1. The van der Waals surface area contributed by atoms with Crippen LogP contribution >= 0.6 is 23.1 Å². The summed E-state index contributed by atoms with van der Waals surface area (Å²) in [7, 11) is 0. The van der Waals surface area contributed by atoms with Crippen molar-refractivity contribution in [3.63, 3.8) is 0 Å². The van der Waals surface area contributed by atoms with Crippen LogP contribution in [0.2, 0.25) is 0 Å². The van der Waals surface area contributed by atoms with Gasteiger partial charge in [0, 0.05) is 23.1 Å². The van der Waals surface area contributed by atoms with Crippen LogP contribution < -0.4 is 10.0 Å². The minimum atomic E-state index is -0.409. The molecule has 7 heteroatoms. The van der Waals surface area contributed by atoms with Gasteiger partial charge in [0.25, 0.3) is 5.03 Å². The van der Waals surface area contributed by atoms with Gasteiger partial charge in [-0.1, -0.05) is 31.2 Å². The lowest BCUT2D eigenvalue weighted by atomic mass is 10.1. The molecule has 1 amide bonds. The number of rotatable bonds is 6. The van der Waals surface area contributed by atoms with Gasteiger partial charge in [-0.2, -0.15) is 4.73 Å². The number of thiazole rings is 1. The van der Waals surface area contributed by atoms with Gasteiger partial charge in [0.1, 0.15) is 0 Å². The van der Waals surface area contributed by atoms with Crippen molar-refractivity contribution in [3.05, 3.63) is 64.8 Å². The predicted molar refractivity (Wildman–Crippen MR) is 106 cm³/mol. The van der Waals surface area contributed by atoms with Crippen LogP contribution in [0.4, 0.5) is 5.13 Å². The quantitative estimate of drug-likeness (QED) is 0.394. The van der Waals surface area contributed by atoms with Gasteiger partial charge in [0.2, 0.25) is 5.91 Å². The molecule has 0 spiro atoms. The molecule has 0 bridgehead atoms. The lowest BCUT2D eigenvalue weighted by Crippen LogP contribution is -2.30. The van der Waals surface area contributed by atoms with E-state index in [0.717, 1.165) is 22.4 Å². The Morgan fingerprint density at radius 1 is 1.31 bits per heavy atom. The zero-order valence-electron chi connectivity index (χ0n) is 14.5. The van der Waals surface area contributed by atoms with Gasteiger partial charge in [-0.3, -0.25) is 4.79 Å². The lowest BCUT2D eigenvalue weighted by molar-refractivity contribution is -0.645. The Balaban J connectivity index is 1.64. The van der Waals surface area contributed by atoms with Crippen molar-refractivity contribution in [1.82, 2.24) is 4.98 Å². The number of benzene rings is 1. The third-order valence-corrected chi connectivity index (χ3v) is 5.73. The molecule has 0 unspecified atom stereocenters. The molecular weight excluding hydrogens is 366 g/mol. The van der Waals surface area contributed by atoms with Gasteiger partial charge in [-0.15, -0.1) is 11.3 Å². The van der Waals surface area contributed by atoms with Gasteiger partial charge >= 0.3 is 0 Å². The number of nitrogens with zero attached hydrogens (tertiary/aromatic N) is 2. The third kappa shape index (κ3) is 4.42. The smallest absolute Gasteiger partial charge is 0.252 e. The molecule has 2 heterocycles. The molecule has 0 aliphatic carbocycles. The number of amides is 1. The van der Waals surface area contributed by atoms with E-state index in [4.69, 9.17) is 0 Å². The summed E-state index contributed by atoms with van der Waals surface area (Å²) in [4.78, 5) is 16.9. The Morgan fingerprint density at radius 3 is 2.77 bits per heavy atom. The number of hydrogen-bond acceptors (Lipinski definition) is 5. The molecule has 1 aromatic carbocycles. The van der Waals surface area contributed by atoms with E-state index >= 15 is 0 Å². The first-order valence-corrected chi connectivity index (χ1v) is 10.0. The number of thioether (sulfide) groups is 1. The van der Waals surface area contributed by atoms with E-state index in [0.29, 0.717) is 10.2 Å². The molecule has 3 aromatic rings. The van der Waals surface area contributed by atoms with Crippen LogP contribution in [-0.4, -0.2) is 16.1 Å². The van der Waals surface area contributed by atoms with Gasteiger partial charge < -0.3 is 10.5 Å². The third-order valence-electron chi connectivity index (χ3n) is 3.85. The van der Waals surface area contributed by atoms with Crippen LogP contribution in [0.25, 0.3) is 11.3 Å². The number of hydrogen-bond donors (Lipinski definition) is 1. The number of carbonyl (C=O) groups is 1. The van der Waals surface area contributed by atoms with E-state index in [1.165, 1.54) is 34.9 Å². The molecule has 0 saturated carbocycles. The van der Waals surface area contributed by atoms with Gasteiger partial charge in [-0.05, 0) is 36.7 Å². The maximum absolute atomic E-state index is 12.4. The highest BCUT2D eigenvalue weighted by molar-refractivity contribution is 8.00. The summed E-state index contributed by atoms with van der Waals surface area (Å²) in [6.07, 6.45) is 2.42. The number of anilines is 1. The predicted octanol–water partition coefficient (Wildman–Crippen LogP) is 4.13. The van der Waals surface area contributed by atoms with Crippen molar-refractivity contribution in [3.8, 4) is 11.3 Å². The molecule has 0 fully saturated rings. The Bertz CT molecular complexity index is 894. The van der Waals surface area contributed by atoms with Crippen molar-refractivity contribution in [2.24, 2.45) is 0 Å². The summed E-state index contributed by atoms with van der Waals surface area (Å²) in [5.74, 6) is -0.180. The van der Waals surface area contributed by atoms with E-state index in [2.05, 4.69) is 29.4 Å². The van der Waals surface area contributed by atoms with E-state index < -0.39 is 5.25 Å². The Morgan fingerprint density at radius 2 is 2.08 bits per heavy atom. The molecular formula is C19H19N3O2S2. The Kier molecular flexibility index (Phi) is 5.90. The molecule has 5 nitrogen and oxygen atoms in total. The summed E-state index contributed by atoms with van der Waals surface area (Å²) in [6, 6.07) is 13.4. The molecule has 0 radical (unpaired) electrons. The van der Waals surface area contributed by atoms with Gasteiger partial charge in [0.15, 0.2) is 11.3 Å². The summed E-state index contributed by atoms with van der Waals surface area (Å²) in [5.41, 5.74) is 3.15. The number of nitrogens with one attached hydrogen (secondary N) is 1. The minimum Gasteiger partial charge on any atom is -0.618 e. The highest BCUT2D eigenvalue weighted by atomic mass is 32.2. The molecule has 26 heavy (non-hydrogen) atoms. The molecule has 134 valence electrons. The van der Waals surface area contributed by atoms with Crippen LogP contribution in [0, 0.1) is 5.21 Å². The highest BCUT2D eigenvalue weighted by Crippen LogP contribution is 2.26. The van der Waals surface area contributed by atoms with E-state index in [1.54, 1.807) is 25.1 Å². The van der Waals surface area contributed by atoms with Crippen LogP contribution in [0.3, 0.4) is 0 Å². The first-order valence-electron chi connectivity index (χ1n) is 8.27. The number of carbonyl (C=O) groups excluding carboxylic acids is 1. The zero-order chi connectivity index (χ0) is 18.5. The normalized spacial score (nSPS) is 11.9. The summed E-state index contributed by atoms with van der Waals surface area (Å²) in [5, 5.41) is 17.1. The molecule has 1 N–H and O–H groups in total. The largest absolute Gasteiger partial charge is 0.618 e. The van der Waals surface area contributed by atoms with Crippen molar-refractivity contribution in [2.75, 3.05) is 5.32 Å². The highest BCUT2D eigenvalue weighted by Gasteiger charge is 2.19. The van der Waals surface area contributed by atoms with Crippen molar-refractivity contribution < 1.29 is 9.52 Å². The Labute approximate surface area is 160 Å². The molecule has 0 aliphatic heterocycles. The number of pyridine rings is 1. The van der Waals surface area contributed by atoms with Crippen LogP contribution in [0.1, 0.15) is 19.4 Å². The standard InChI is InChI=1S/C19H19N3O2S2/c1-3-14-7-9-15(10-8-14)16-12-25-19(20-16)21-18(23)13(2)26-17-6-4-5-11-22(17)24/h4-13H,3H2,1-2H3,(H,20,21,23)/t13-/m1/s1. The molecule has 1 atom stereocenters.